The van der Waals surface area contributed by atoms with Gasteiger partial charge in [-0.3, -0.25) is 4.79 Å². The Morgan fingerprint density at radius 3 is 2.75 bits per heavy atom. The van der Waals surface area contributed by atoms with E-state index in [9.17, 15) is 4.79 Å². The highest BCUT2D eigenvalue weighted by molar-refractivity contribution is 5.94. The number of carbonyl (C=O) groups is 1. The van der Waals surface area contributed by atoms with Gasteiger partial charge in [0.05, 0.1) is 11.6 Å². The van der Waals surface area contributed by atoms with E-state index in [2.05, 4.69) is 5.32 Å². The summed E-state index contributed by atoms with van der Waals surface area (Å²) >= 11 is 0. The van der Waals surface area contributed by atoms with Crippen LogP contribution >= 0.6 is 0 Å². The van der Waals surface area contributed by atoms with Gasteiger partial charge in [-0.05, 0) is 37.1 Å². The zero-order chi connectivity index (χ0) is 11.4. The molecular formula is C12H12N2O2. The topological polar surface area (TPSA) is 62.1 Å². The Hall–Kier alpha value is -1.86. The molecule has 1 heterocycles. The molecule has 1 aromatic rings. The first-order valence-corrected chi connectivity index (χ1v) is 5.22. The normalized spacial score (nSPS) is 19.1. The summed E-state index contributed by atoms with van der Waals surface area (Å²) in [6, 6.07) is 8.80. The van der Waals surface area contributed by atoms with E-state index in [0.29, 0.717) is 17.9 Å². The summed E-state index contributed by atoms with van der Waals surface area (Å²) in [5, 5.41) is 11.4. The molecule has 1 aliphatic heterocycles. The third kappa shape index (κ3) is 2.38. The summed E-state index contributed by atoms with van der Waals surface area (Å²) in [5.74, 6) is -0.109. The van der Waals surface area contributed by atoms with Crippen LogP contribution in [0.4, 0.5) is 5.69 Å². The fraction of sp³-hybridized carbons (Fsp3) is 0.333. The van der Waals surface area contributed by atoms with Gasteiger partial charge in [0, 0.05) is 12.3 Å². The Balaban J connectivity index is 1.98. The number of anilines is 1. The Kier molecular flexibility index (Phi) is 3.18. The second kappa shape index (κ2) is 4.77. The van der Waals surface area contributed by atoms with Crippen LogP contribution in [0.1, 0.15) is 18.4 Å². The zero-order valence-corrected chi connectivity index (χ0v) is 8.77. The standard InChI is InChI=1S/C12H12N2O2/c13-8-9-3-5-10(6-4-9)14-12(15)11-2-1-7-16-11/h3-6,11H,1-2,7H2,(H,14,15)/t11-/m0/s1. The molecule has 0 unspecified atom stereocenters. The summed E-state index contributed by atoms with van der Waals surface area (Å²) < 4.78 is 5.27. The molecule has 0 aromatic heterocycles. The van der Waals surface area contributed by atoms with Gasteiger partial charge in [0.25, 0.3) is 5.91 Å². The molecule has 4 heteroatoms. The van der Waals surface area contributed by atoms with Gasteiger partial charge in [-0.25, -0.2) is 0 Å². The summed E-state index contributed by atoms with van der Waals surface area (Å²) in [7, 11) is 0. The summed E-state index contributed by atoms with van der Waals surface area (Å²) in [6.45, 7) is 0.658. The number of hydrogen-bond donors (Lipinski definition) is 1. The zero-order valence-electron chi connectivity index (χ0n) is 8.77. The van der Waals surface area contributed by atoms with Crippen LogP contribution in [0, 0.1) is 11.3 Å². The third-order valence-corrected chi connectivity index (χ3v) is 2.50. The van der Waals surface area contributed by atoms with Crippen molar-refractivity contribution in [2.24, 2.45) is 0 Å². The maximum atomic E-state index is 11.7. The van der Waals surface area contributed by atoms with Gasteiger partial charge in [0.15, 0.2) is 0 Å². The van der Waals surface area contributed by atoms with Crippen molar-refractivity contribution in [3.8, 4) is 6.07 Å². The van der Waals surface area contributed by atoms with Gasteiger partial charge in [0.1, 0.15) is 6.10 Å². The fourth-order valence-electron chi connectivity index (χ4n) is 1.64. The molecule has 1 aliphatic rings. The highest BCUT2D eigenvalue weighted by atomic mass is 16.5. The molecule has 1 fully saturated rings. The molecule has 1 N–H and O–H groups in total. The molecule has 4 nitrogen and oxygen atoms in total. The molecule has 82 valence electrons. The summed E-state index contributed by atoms with van der Waals surface area (Å²) in [6.07, 6.45) is 1.39. The minimum Gasteiger partial charge on any atom is -0.368 e. The third-order valence-electron chi connectivity index (χ3n) is 2.50. The average Bonchev–Trinajstić information content (AvgIpc) is 2.83. The van der Waals surface area contributed by atoms with Gasteiger partial charge in [-0.15, -0.1) is 0 Å². The summed E-state index contributed by atoms with van der Waals surface area (Å²) in [5.41, 5.74) is 1.27. The molecule has 1 atom stereocenters. The molecule has 0 spiro atoms. The largest absolute Gasteiger partial charge is 0.368 e. The van der Waals surface area contributed by atoms with Crippen molar-refractivity contribution >= 4 is 11.6 Å². The number of nitriles is 1. The molecular weight excluding hydrogens is 204 g/mol. The van der Waals surface area contributed by atoms with E-state index in [0.717, 1.165) is 12.8 Å². The average molecular weight is 216 g/mol. The molecule has 2 rings (SSSR count). The van der Waals surface area contributed by atoms with E-state index in [1.54, 1.807) is 24.3 Å². The Labute approximate surface area is 93.8 Å². The second-order valence-electron chi connectivity index (χ2n) is 3.68. The van der Waals surface area contributed by atoms with Crippen LogP contribution in [0.25, 0.3) is 0 Å². The number of benzene rings is 1. The van der Waals surface area contributed by atoms with E-state index in [1.807, 2.05) is 6.07 Å². The van der Waals surface area contributed by atoms with Gasteiger partial charge in [-0.2, -0.15) is 5.26 Å². The molecule has 16 heavy (non-hydrogen) atoms. The lowest BCUT2D eigenvalue weighted by Gasteiger charge is -2.10. The smallest absolute Gasteiger partial charge is 0.253 e. The maximum absolute atomic E-state index is 11.7. The van der Waals surface area contributed by atoms with E-state index in [1.165, 1.54) is 0 Å². The lowest BCUT2D eigenvalue weighted by atomic mass is 10.2. The van der Waals surface area contributed by atoms with Gasteiger partial charge in [-0.1, -0.05) is 0 Å². The molecule has 0 radical (unpaired) electrons. The number of nitrogens with zero attached hydrogens (tertiary/aromatic N) is 1. The maximum Gasteiger partial charge on any atom is 0.253 e. The predicted octanol–water partition coefficient (Wildman–Crippen LogP) is 1.68. The van der Waals surface area contributed by atoms with Gasteiger partial charge < -0.3 is 10.1 Å². The van der Waals surface area contributed by atoms with E-state index in [4.69, 9.17) is 10.00 Å². The number of amides is 1. The number of rotatable bonds is 2. The lowest BCUT2D eigenvalue weighted by Crippen LogP contribution is -2.26. The van der Waals surface area contributed by atoms with Crippen molar-refractivity contribution < 1.29 is 9.53 Å². The first-order chi connectivity index (χ1) is 7.79. The highest BCUT2D eigenvalue weighted by Crippen LogP contribution is 2.15. The first-order valence-electron chi connectivity index (χ1n) is 5.22. The van der Waals surface area contributed by atoms with Crippen molar-refractivity contribution in [2.45, 2.75) is 18.9 Å². The second-order valence-corrected chi connectivity index (χ2v) is 3.68. The van der Waals surface area contributed by atoms with Crippen molar-refractivity contribution in [1.29, 1.82) is 5.26 Å². The van der Waals surface area contributed by atoms with Crippen LogP contribution in [0.2, 0.25) is 0 Å². The van der Waals surface area contributed by atoms with Crippen LogP contribution in [0.15, 0.2) is 24.3 Å². The minimum absolute atomic E-state index is 0.109. The fourth-order valence-corrected chi connectivity index (χ4v) is 1.64. The van der Waals surface area contributed by atoms with Crippen LogP contribution in [0.5, 0.6) is 0 Å². The van der Waals surface area contributed by atoms with Crippen LogP contribution in [-0.2, 0) is 9.53 Å². The van der Waals surface area contributed by atoms with E-state index >= 15 is 0 Å². The summed E-state index contributed by atoms with van der Waals surface area (Å²) in [4.78, 5) is 11.7. The predicted molar refractivity (Wildman–Crippen MR) is 58.8 cm³/mol. The number of ether oxygens (including phenoxy) is 1. The first kappa shape index (κ1) is 10.7. The van der Waals surface area contributed by atoms with Crippen LogP contribution < -0.4 is 5.32 Å². The number of carbonyl (C=O) groups excluding carboxylic acids is 1. The molecule has 1 aromatic carbocycles. The minimum atomic E-state index is -0.323. The molecule has 0 bridgehead atoms. The molecule has 0 aliphatic carbocycles. The van der Waals surface area contributed by atoms with Crippen LogP contribution in [-0.4, -0.2) is 18.6 Å². The molecule has 1 amide bonds. The molecule has 0 saturated carbocycles. The Morgan fingerprint density at radius 2 is 2.19 bits per heavy atom. The Morgan fingerprint density at radius 1 is 1.44 bits per heavy atom. The monoisotopic (exact) mass is 216 g/mol. The van der Waals surface area contributed by atoms with Gasteiger partial charge in [0.2, 0.25) is 0 Å². The van der Waals surface area contributed by atoms with E-state index in [-0.39, 0.29) is 12.0 Å². The quantitative estimate of drug-likeness (QED) is 0.818. The highest BCUT2D eigenvalue weighted by Gasteiger charge is 2.23. The SMILES string of the molecule is N#Cc1ccc(NC(=O)[C@@H]2CCCO2)cc1. The lowest BCUT2D eigenvalue weighted by molar-refractivity contribution is -0.124. The van der Waals surface area contributed by atoms with Crippen LogP contribution in [0.3, 0.4) is 0 Å². The van der Waals surface area contributed by atoms with Crippen molar-refractivity contribution in [3.63, 3.8) is 0 Å². The van der Waals surface area contributed by atoms with Gasteiger partial charge >= 0.3 is 0 Å². The van der Waals surface area contributed by atoms with Crippen molar-refractivity contribution in [1.82, 2.24) is 0 Å². The number of nitrogens with one attached hydrogen (secondary N) is 1. The van der Waals surface area contributed by atoms with Crippen molar-refractivity contribution in [3.05, 3.63) is 29.8 Å². The Bertz CT molecular complexity index is 414. The number of hydrogen-bond acceptors (Lipinski definition) is 3. The van der Waals surface area contributed by atoms with E-state index < -0.39 is 0 Å². The van der Waals surface area contributed by atoms with Crippen molar-refractivity contribution in [2.75, 3.05) is 11.9 Å². The molecule has 1 saturated heterocycles.